The zero-order valence-electron chi connectivity index (χ0n) is 8.25. The maximum absolute atomic E-state index is 5.61. The highest BCUT2D eigenvalue weighted by Crippen LogP contribution is 2.18. The third kappa shape index (κ3) is 2.02. The normalized spacial score (nSPS) is 34.1. The Labute approximate surface area is 79.6 Å². The first-order chi connectivity index (χ1) is 6.40. The molecule has 2 aliphatic heterocycles. The quantitative estimate of drug-likeness (QED) is 0.696. The summed E-state index contributed by atoms with van der Waals surface area (Å²) < 4.78 is 5.61. The van der Waals surface area contributed by atoms with Crippen LogP contribution in [0.5, 0.6) is 0 Å². The van der Waals surface area contributed by atoms with Gasteiger partial charge in [-0.1, -0.05) is 6.92 Å². The van der Waals surface area contributed by atoms with Crippen molar-refractivity contribution in [3.63, 3.8) is 0 Å². The van der Waals surface area contributed by atoms with Gasteiger partial charge in [-0.25, -0.2) is 4.99 Å². The van der Waals surface area contributed by atoms with Gasteiger partial charge in [-0.15, -0.1) is 0 Å². The smallest absolute Gasteiger partial charge is 0.188 e. The first-order valence-electron chi connectivity index (χ1n) is 5.31. The lowest BCUT2D eigenvalue weighted by atomic mass is 10.00. The Hall–Kier alpha value is -0.570. The summed E-state index contributed by atoms with van der Waals surface area (Å²) in [5.41, 5.74) is 0. The van der Waals surface area contributed by atoms with E-state index in [4.69, 9.17) is 4.74 Å². The number of nitrogens with one attached hydrogen (secondary N) is 1. The summed E-state index contributed by atoms with van der Waals surface area (Å²) in [6, 6.07) is 0.428. The Balaban J connectivity index is 1.92. The summed E-state index contributed by atoms with van der Waals surface area (Å²) in [4.78, 5) is 4.58. The maximum Gasteiger partial charge on any atom is 0.188 e. The third-order valence-electron chi connectivity index (χ3n) is 2.85. The molecule has 2 rings (SSSR count). The van der Waals surface area contributed by atoms with Crippen molar-refractivity contribution in [1.29, 1.82) is 0 Å². The molecule has 1 fully saturated rings. The van der Waals surface area contributed by atoms with Gasteiger partial charge in [-0.05, 0) is 25.8 Å². The van der Waals surface area contributed by atoms with Crippen LogP contribution in [0.15, 0.2) is 4.99 Å². The summed E-state index contributed by atoms with van der Waals surface area (Å²) in [7, 11) is 0. The predicted octanol–water partition coefficient (Wildman–Crippen LogP) is 1.19. The Morgan fingerprint density at radius 3 is 3.15 bits per heavy atom. The summed E-state index contributed by atoms with van der Waals surface area (Å²) in [6.45, 7) is 5.18. The van der Waals surface area contributed by atoms with Crippen molar-refractivity contribution < 1.29 is 4.74 Å². The van der Waals surface area contributed by atoms with Gasteiger partial charge in [-0.3, -0.25) is 0 Å². The van der Waals surface area contributed by atoms with Crippen molar-refractivity contribution in [2.45, 2.75) is 32.2 Å². The minimum Gasteiger partial charge on any atom is -0.478 e. The SMILES string of the molecule is CCC1COC(C2CCCNC2)=N1. The van der Waals surface area contributed by atoms with Crippen LogP contribution in [0, 0.1) is 5.92 Å². The minimum atomic E-state index is 0.428. The zero-order valence-corrected chi connectivity index (χ0v) is 8.25. The van der Waals surface area contributed by atoms with Crippen LogP contribution < -0.4 is 5.32 Å². The number of piperidine rings is 1. The molecule has 1 N–H and O–H groups in total. The molecule has 3 heteroatoms. The summed E-state index contributed by atoms with van der Waals surface area (Å²) in [6.07, 6.45) is 3.59. The van der Waals surface area contributed by atoms with Gasteiger partial charge in [0.1, 0.15) is 6.61 Å². The van der Waals surface area contributed by atoms with E-state index in [2.05, 4.69) is 17.2 Å². The summed E-state index contributed by atoms with van der Waals surface area (Å²) in [5, 5.41) is 3.38. The zero-order chi connectivity index (χ0) is 9.10. The molecule has 2 atom stereocenters. The molecule has 2 heterocycles. The van der Waals surface area contributed by atoms with E-state index < -0.39 is 0 Å². The highest BCUT2D eigenvalue weighted by Gasteiger charge is 2.25. The van der Waals surface area contributed by atoms with Crippen LogP contribution in [-0.4, -0.2) is 31.6 Å². The van der Waals surface area contributed by atoms with Crippen LogP contribution >= 0.6 is 0 Å². The molecular weight excluding hydrogens is 164 g/mol. The van der Waals surface area contributed by atoms with E-state index in [1.165, 1.54) is 12.8 Å². The number of aliphatic imine (C=N–C) groups is 1. The molecule has 1 saturated heterocycles. The highest BCUT2D eigenvalue weighted by atomic mass is 16.5. The highest BCUT2D eigenvalue weighted by molar-refractivity contribution is 5.80. The molecule has 0 bridgehead atoms. The van der Waals surface area contributed by atoms with Crippen molar-refractivity contribution in [2.75, 3.05) is 19.7 Å². The fourth-order valence-corrected chi connectivity index (χ4v) is 1.93. The van der Waals surface area contributed by atoms with Crippen LogP contribution in [-0.2, 0) is 4.74 Å². The lowest BCUT2D eigenvalue weighted by molar-refractivity contribution is 0.283. The van der Waals surface area contributed by atoms with E-state index >= 15 is 0 Å². The first kappa shape index (κ1) is 9.00. The van der Waals surface area contributed by atoms with E-state index in [1.807, 2.05) is 0 Å². The fraction of sp³-hybridized carbons (Fsp3) is 0.900. The molecule has 0 aliphatic carbocycles. The van der Waals surface area contributed by atoms with Gasteiger partial charge in [0.2, 0.25) is 0 Å². The Morgan fingerprint density at radius 1 is 1.62 bits per heavy atom. The van der Waals surface area contributed by atoms with E-state index in [0.717, 1.165) is 32.0 Å². The fourth-order valence-electron chi connectivity index (χ4n) is 1.93. The number of ether oxygens (including phenoxy) is 1. The van der Waals surface area contributed by atoms with Crippen LogP contribution in [0.25, 0.3) is 0 Å². The topological polar surface area (TPSA) is 33.6 Å². The van der Waals surface area contributed by atoms with E-state index in [0.29, 0.717) is 12.0 Å². The standard InChI is InChI=1S/C10H18N2O/c1-2-9-7-13-10(12-9)8-4-3-5-11-6-8/h8-9,11H,2-7H2,1H3. The van der Waals surface area contributed by atoms with E-state index in [-0.39, 0.29) is 0 Å². The van der Waals surface area contributed by atoms with Crippen molar-refractivity contribution in [3.05, 3.63) is 0 Å². The molecule has 0 saturated carbocycles. The van der Waals surface area contributed by atoms with E-state index in [1.54, 1.807) is 0 Å². The average Bonchev–Trinajstić information content (AvgIpc) is 2.67. The molecular formula is C10H18N2O. The van der Waals surface area contributed by atoms with Gasteiger partial charge >= 0.3 is 0 Å². The molecule has 0 aromatic heterocycles. The molecule has 2 unspecified atom stereocenters. The van der Waals surface area contributed by atoms with Crippen LogP contribution in [0.2, 0.25) is 0 Å². The molecule has 0 spiro atoms. The van der Waals surface area contributed by atoms with Gasteiger partial charge in [-0.2, -0.15) is 0 Å². The molecule has 74 valence electrons. The Morgan fingerprint density at radius 2 is 2.54 bits per heavy atom. The van der Waals surface area contributed by atoms with Crippen molar-refractivity contribution in [2.24, 2.45) is 10.9 Å². The van der Waals surface area contributed by atoms with Gasteiger partial charge < -0.3 is 10.1 Å². The second-order valence-electron chi connectivity index (χ2n) is 3.88. The predicted molar refractivity (Wildman–Crippen MR) is 53.1 cm³/mol. The largest absolute Gasteiger partial charge is 0.478 e. The second kappa shape index (κ2) is 4.09. The van der Waals surface area contributed by atoms with Crippen molar-refractivity contribution in [3.8, 4) is 0 Å². The van der Waals surface area contributed by atoms with Crippen LogP contribution in [0.1, 0.15) is 26.2 Å². The lowest BCUT2D eigenvalue weighted by Gasteiger charge is -2.21. The average molecular weight is 182 g/mol. The number of rotatable bonds is 2. The molecule has 0 amide bonds. The molecule has 2 aliphatic rings. The van der Waals surface area contributed by atoms with Crippen LogP contribution in [0.4, 0.5) is 0 Å². The lowest BCUT2D eigenvalue weighted by Crippen LogP contribution is -2.34. The first-order valence-corrected chi connectivity index (χ1v) is 5.31. The number of nitrogens with zero attached hydrogens (tertiary/aromatic N) is 1. The van der Waals surface area contributed by atoms with Gasteiger partial charge in [0.15, 0.2) is 5.90 Å². The maximum atomic E-state index is 5.61. The molecule has 0 aromatic carbocycles. The minimum absolute atomic E-state index is 0.428. The monoisotopic (exact) mass is 182 g/mol. The van der Waals surface area contributed by atoms with Crippen molar-refractivity contribution >= 4 is 5.90 Å². The van der Waals surface area contributed by atoms with Gasteiger partial charge in [0.05, 0.1) is 6.04 Å². The van der Waals surface area contributed by atoms with Gasteiger partial charge in [0, 0.05) is 12.5 Å². The Bertz CT molecular complexity index is 197. The number of hydrogen-bond acceptors (Lipinski definition) is 3. The third-order valence-corrected chi connectivity index (χ3v) is 2.85. The molecule has 3 nitrogen and oxygen atoms in total. The second-order valence-corrected chi connectivity index (χ2v) is 3.88. The molecule has 0 aromatic rings. The molecule has 13 heavy (non-hydrogen) atoms. The van der Waals surface area contributed by atoms with Crippen molar-refractivity contribution in [1.82, 2.24) is 5.32 Å². The number of hydrogen-bond donors (Lipinski definition) is 1. The Kier molecular flexibility index (Phi) is 2.83. The summed E-state index contributed by atoms with van der Waals surface area (Å²) in [5.74, 6) is 1.56. The molecule has 0 radical (unpaired) electrons. The summed E-state index contributed by atoms with van der Waals surface area (Å²) >= 11 is 0. The van der Waals surface area contributed by atoms with Crippen LogP contribution in [0.3, 0.4) is 0 Å². The van der Waals surface area contributed by atoms with Gasteiger partial charge in [0.25, 0.3) is 0 Å². The van der Waals surface area contributed by atoms with E-state index in [9.17, 15) is 0 Å².